The van der Waals surface area contributed by atoms with Crippen molar-refractivity contribution >= 4 is 0 Å². The van der Waals surface area contributed by atoms with E-state index in [9.17, 15) is 0 Å². The van der Waals surface area contributed by atoms with Gasteiger partial charge in [0.2, 0.25) is 0 Å². The Morgan fingerprint density at radius 1 is 1.00 bits per heavy atom. The first-order valence-corrected chi connectivity index (χ1v) is 2.52. The van der Waals surface area contributed by atoms with Crippen molar-refractivity contribution in [1.82, 2.24) is 0 Å². The Balaban J connectivity index is -0.00000000750. The zero-order valence-corrected chi connectivity index (χ0v) is 12.7. The molecule has 0 unspecified atom stereocenters. The third-order valence-electron chi connectivity index (χ3n) is 0. The fraction of sp³-hybridized carbons (Fsp3) is 0. The molecular formula is FNa3O3Ti. The van der Waals surface area contributed by atoms with Crippen molar-refractivity contribution in [3.8, 4) is 0 Å². The van der Waals surface area contributed by atoms with Gasteiger partial charge in [0.25, 0.3) is 0 Å². The maximum absolute atomic E-state index is 8.58. The van der Waals surface area contributed by atoms with Gasteiger partial charge in [0.1, 0.15) is 0 Å². The molecule has 0 rings (SSSR count). The van der Waals surface area contributed by atoms with Crippen molar-refractivity contribution in [3.63, 3.8) is 0 Å². The molecule has 8 heteroatoms. The fourth-order valence-electron chi connectivity index (χ4n) is 0. The van der Waals surface area contributed by atoms with Gasteiger partial charge in [-0.1, -0.05) is 0 Å². The number of hydrogen-bond acceptors (Lipinski definition) is 3. The van der Waals surface area contributed by atoms with Gasteiger partial charge in [0.15, 0.2) is 0 Å². The van der Waals surface area contributed by atoms with E-state index in [1.165, 1.54) is 0 Å². The first-order chi connectivity index (χ1) is 1.73. The van der Waals surface area contributed by atoms with E-state index in [0.29, 0.717) is 0 Å². The summed E-state index contributed by atoms with van der Waals surface area (Å²) in [5.41, 5.74) is 0. The molecule has 0 fully saturated rings. The second-order valence-electron chi connectivity index (χ2n) is 0.250. The van der Waals surface area contributed by atoms with E-state index in [4.69, 9.17) is 10.7 Å². The van der Waals surface area contributed by atoms with E-state index in [1.807, 2.05) is 0 Å². The normalized spacial score (nSPS) is 3.25. The van der Waals surface area contributed by atoms with Crippen LogP contribution in [0.4, 0.5) is 0 Å². The topological polar surface area (TPSA) is 63.2 Å². The minimum atomic E-state index is -4.08. The summed E-state index contributed by atoms with van der Waals surface area (Å²) in [5, 5.41) is 0. The molecule has 0 aliphatic heterocycles. The molecule has 0 saturated heterocycles. The summed E-state index contributed by atoms with van der Waals surface area (Å²) in [6.45, 7) is 0. The van der Waals surface area contributed by atoms with Crippen molar-refractivity contribution in [1.29, 1.82) is 0 Å². The van der Waals surface area contributed by atoms with Gasteiger partial charge in [-0.15, -0.1) is 0 Å². The average molecular weight is 184 g/mol. The molecular weight excluding hydrogens is 184 g/mol. The molecule has 0 aliphatic rings. The average Bonchev–Trinajstić information content (AvgIpc) is 0.811. The second kappa shape index (κ2) is 22.4. The van der Waals surface area contributed by atoms with E-state index in [1.54, 1.807) is 0 Å². The Bertz CT molecular complexity index is 37.5. The molecule has 0 aromatic carbocycles. The summed E-state index contributed by atoms with van der Waals surface area (Å²) in [7, 11) is 0. The van der Waals surface area contributed by atoms with Crippen LogP contribution in [-0.2, 0) is 21.9 Å². The van der Waals surface area contributed by atoms with E-state index in [-0.39, 0.29) is 93.4 Å². The molecule has 3 nitrogen and oxygen atoms in total. The van der Waals surface area contributed by atoms with Crippen LogP contribution in [0.1, 0.15) is 0 Å². The Hall–Kier alpha value is 3.36. The summed E-state index contributed by atoms with van der Waals surface area (Å²) in [6, 6.07) is 0. The molecule has 0 bridgehead atoms. The number of halogens is 1. The van der Waals surface area contributed by atoms with Crippen LogP contribution in [0.25, 0.3) is 0 Å². The van der Waals surface area contributed by atoms with Gasteiger partial charge in [-0.05, 0) is 0 Å². The van der Waals surface area contributed by atoms with Crippen molar-refractivity contribution in [2.24, 2.45) is 0 Å². The molecule has 0 N–H and O–H groups in total. The predicted molar refractivity (Wildman–Crippen MR) is 0.686 cm³/mol. The first-order valence-electron chi connectivity index (χ1n) is 0.612. The van der Waals surface area contributed by atoms with Gasteiger partial charge in [-0.3, -0.25) is 0 Å². The molecule has 0 aliphatic carbocycles. The van der Waals surface area contributed by atoms with Crippen LogP contribution in [0.3, 0.4) is 0 Å². The zero-order chi connectivity index (χ0) is 3.58. The third kappa shape index (κ3) is 57.9. The van der Waals surface area contributed by atoms with Crippen molar-refractivity contribution in [2.45, 2.75) is 0 Å². The van der Waals surface area contributed by atoms with E-state index in [2.05, 4.69) is 0 Å². The molecule has 0 heterocycles. The van der Waals surface area contributed by atoms with E-state index >= 15 is 0 Å². The third-order valence-corrected chi connectivity index (χ3v) is 0. The van der Waals surface area contributed by atoms with E-state index < -0.39 is 18.6 Å². The maximum atomic E-state index is 8.58. The minimum absolute atomic E-state index is 0. The molecule has 0 spiro atoms. The second-order valence-corrected chi connectivity index (χ2v) is 1.03. The van der Waals surface area contributed by atoms with E-state index in [0.717, 1.165) is 0 Å². The molecule has 0 radical (unpaired) electrons. The van der Waals surface area contributed by atoms with Gasteiger partial charge in [-0.25, -0.2) is 0 Å². The summed E-state index contributed by atoms with van der Waals surface area (Å²) < 4.78 is 25.8. The molecule has 8 heavy (non-hydrogen) atoms. The summed E-state index contributed by atoms with van der Waals surface area (Å²) in [5.74, 6) is 0. The Morgan fingerprint density at radius 2 is 1.00 bits per heavy atom. The van der Waals surface area contributed by atoms with Crippen LogP contribution < -0.4 is 101 Å². The van der Waals surface area contributed by atoms with Crippen LogP contribution in [0.5, 0.6) is 0 Å². The van der Waals surface area contributed by atoms with Crippen molar-refractivity contribution in [2.75, 3.05) is 0 Å². The van der Waals surface area contributed by atoms with Crippen molar-refractivity contribution in [3.05, 3.63) is 0 Å². The predicted octanol–water partition coefficient (Wildman–Crippen LogP) is -14.5. The van der Waals surface area contributed by atoms with Gasteiger partial charge in [0.05, 0.1) is 0 Å². The molecule has 0 amide bonds. The zero-order valence-electron chi connectivity index (χ0n) is 5.10. The molecule has 0 saturated carbocycles. The van der Waals surface area contributed by atoms with Gasteiger partial charge in [-0.2, -0.15) is 0 Å². The SMILES string of the molecule is [F-].[Na+].[Na+].[Na+].[O]=[Ti]([O-])[O-]. The van der Waals surface area contributed by atoms with Crippen LogP contribution in [-0.4, -0.2) is 0 Å². The number of rotatable bonds is 0. The molecule has 0 aromatic heterocycles. The fourth-order valence-corrected chi connectivity index (χ4v) is 0. The summed E-state index contributed by atoms with van der Waals surface area (Å²) in [4.78, 5) is 0. The quantitative estimate of drug-likeness (QED) is 0.351. The monoisotopic (exact) mass is 184 g/mol. The van der Waals surface area contributed by atoms with Crippen LogP contribution in [0.2, 0.25) is 0 Å². The standard InChI is InChI=1S/FH.3Na.3O.Ti/h1H;;;;;;;/q;3*+1;;2*-1;/p-1. The summed E-state index contributed by atoms with van der Waals surface area (Å²) in [6.07, 6.45) is 0. The number of hydrogen-bond donors (Lipinski definition) is 0. The Kier molecular flexibility index (Phi) is 84.5. The van der Waals surface area contributed by atoms with Gasteiger partial charge in [0, 0.05) is 0 Å². The first kappa shape index (κ1) is 30.1. The van der Waals surface area contributed by atoms with Gasteiger partial charge < -0.3 is 4.70 Å². The molecule has 0 atom stereocenters. The summed E-state index contributed by atoms with van der Waals surface area (Å²) >= 11 is -4.08. The van der Waals surface area contributed by atoms with Crippen molar-refractivity contribution < 1.29 is 123 Å². The van der Waals surface area contributed by atoms with Gasteiger partial charge >= 0.3 is 118 Å². The van der Waals surface area contributed by atoms with Crippen LogP contribution in [0.15, 0.2) is 0 Å². The van der Waals surface area contributed by atoms with Crippen LogP contribution >= 0.6 is 0 Å². The Morgan fingerprint density at radius 3 is 1.00 bits per heavy atom. The van der Waals surface area contributed by atoms with Crippen LogP contribution in [0, 0.1) is 0 Å². The molecule has 32 valence electrons. The molecule has 0 aromatic rings. The Labute approximate surface area is 120 Å².